The number of unbranched alkanes of at least 4 members (excludes halogenated alkanes) is 1. The van der Waals surface area contributed by atoms with Crippen molar-refractivity contribution in [2.24, 2.45) is 5.92 Å². The molecule has 1 N–H and O–H groups in total. The van der Waals surface area contributed by atoms with Gasteiger partial charge in [-0.3, -0.25) is 0 Å². The van der Waals surface area contributed by atoms with Gasteiger partial charge in [-0.25, -0.2) is 9.59 Å². The standard InChI is InChI=1S/C12H23NO4/c1-5-6-7-16-12(15)17-11(14)10(13-4)8-9(2)3/h9-10,13H,5-8H2,1-4H3/t10-/m0/s1. The van der Waals surface area contributed by atoms with E-state index in [0.29, 0.717) is 12.3 Å². The molecule has 0 aromatic rings. The van der Waals surface area contributed by atoms with Crippen LogP contribution in [0, 0.1) is 5.92 Å². The number of esters is 1. The SMILES string of the molecule is CCCCOC(=O)OC(=O)[C@H](CC(C)C)NC. The van der Waals surface area contributed by atoms with Crippen LogP contribution in [-0.4, -0.2) is 31.8 Å². The molecule has 0 saturated carbocycles. The van der Waals surface area contributed by atoms with Gasteiger partial charge >= 0.3 is 12.1 Å². The Labute approximate surface area is 103 Å². The topological polar surface area (TPSA) is 64.6 Å². The summed E-state index contributed by atoms with van der Waals surface area (Å²) in [4.78, 5) is 22.7. The van der Waals surface area contributed by atoms with Crippen molar-refractivity contribution >= 4 is 12.1 Å². The van der Waals surface area contributed by atoms with Gasteiger partial charge in [0.1, 0.15) is 6.04 Å². The van der Waals surface area contributed by atoms with Crippen molar-refractivity contribution in [2.45, 2.75) is 46.1 Å². The summed E-state index contributed by atoms with van der Waals surface area (Å²) in [5, 5.41) is 2.82. The molecule has 0 aromatic heterocycles. The van der Waals surface area contributed by atoms with Crippen LogP contribution in [0.5, 0.6) is 0 Å². The summed E-state index contributed by atoms with van der Waals surface area (Å²) in [7, 11) is 1.66. The molecule has 100 valence electrons. The van der Waals surface area contributed by atoms with E-state index in [1.807, 2.05) is 20.8 Å². The van der Waals surface area contributed by atoms with E-state index in [4.69, 9.17) is 4.74 Å². The van der Waals surface area contributed by atoms with Crippen molar-refractivity contribution < 1.29 is 19.1 Å². The molecule has 1 atom stereocenters. The van der Waals surface area contributed by atoms with Crippen molar-refractivity contribution in [3.05, 3.63) is 0 Å². The third-order valence-electron chi connectivity index (χ3n) is 2.24. The summed E-state index contributed by atoms with van der Waals surface area (Å²) >= 11 is 0. The summed E-state index contributed by atoms with van der Waals surface area (Å²) in [5.74, 6) is -0.237. The van der Waals surface area contributed by atoms with Crippen LogP contribution in [0.15, 0.2) is 0 Å². The third-order valence-corrected chi connectivity index (χ3v) is 2.24. The van der Waals surface area contributed by atoms with Gasteiger partial charge in [-0.05, 0) is 25.8 Å². The Bertz CT molecular complexity index is 241. The largest absolute Gasteiger partial charge is 0.516 e. The second kappa shape index (κ2) is 8.98. The lowest BCUT2D eigenvalue weighted by Gasteiger charge is -2.15. The minimum absolute atomic E-state index is 0.289. The first kappa shape index (κ1) is 15.9. The molecule has 5 heteroatoms. The van der Waals surface area contributed by atoms with E-state index in [-0.39, 0.29) is 6.61 Å². The van der Waals surface area contributed by atoms with Crippen molar-refractivity contribution in [2.75, 3.05) is 13.7 Å². The highest BCUT2D eigenvalue weighted by atomic mass is 16.7. The second-order valence-corrected chi connectivity index (χ2v) is 4.34. The van der Waals surface area contributed by atoms with Crippen LogP contribution in [0.2, 0.25) is 0 Å². The third kappa shape index (κ3) is 7.74. The van der Waals surface area contributed by atoms with Gasteiger partial charge in [0.05, 0.1) is 6.61 Å². The zero-order valence-electron chi connectivity index (χ0n) is 11.1. The first-order valence-corrected chi connectivity index (χ1v) is 6.06. The number of rotatable bonds is 7. The Balaban J connectivity index is 3.99. The highest BCUT2D eigenvalue weighted by Gasteiger charge is 2.22. The molecule has 0 fully saturated rings. The zero-order valence-corrected chi connectivity index (χ0v) is 11.1. The summed E-state index contributed by atoms with van der Waals surface area (Å²) in [5.41, 5.74) is 0. The van der Waals surface area contributed by atoms with Gasteiger partial charge in [0, 0.05) is 0 Å². The van der Waals surface area contributed by atoms with Gasteiger partial charge in [0.25, 0.3) is 0 Å². The predicted octanol–water partition coefficient (Wildman–Crippen LogP) is 2.10. The first-order chi connectivity index (χ1) is 8.01. The predicted molar refractivity (Wildman–Crippen MR) is 64.7 cm³/mol. The average Bonchev–Trinajstić information content (AvgIpc) is 2.25. The average molecular weight is 245 g/mol. The molecule has 0 radical (unpaired) electrons. The highest BCUT2D eigenvalue weighted by Crippen LogP contribution is 2.06. The van der Waals surface area contributed by atoms with Gasteiger partial charge in [-0.1, -0.05) is 27.2 Å². The Kier molecular flexibility index (Phi) is 8.40. The van der Waals surface area contributed by atoms with E-state index >= 15 is 0 Å². The smallest absolute Gasteiger partial charge is 0.434 e. The Morgan fingerprint density at radius 3 is 2.41 bits per heavy atom. The molecular weight excluding hydrogens is 222 g/mol. The summed E-state index contributed by atoms with van der Waals surface area (Å²) in [6, 6.07) is -0.464. The fourth-order valence-corrected chi connectivity index (χ4v) is 1.29. The van der Waals surface area contributed by atoms with Crippen molar-refractivity contribution in [3.63, 3.8) is 0 Å². The Morgan fingerprint density at radius 1 is 1.29 bits per heavy atom. The van der Waals surface area contributed by atoms with Crippen LogP contribution < -0.4 is 5.32 Å². The molecule has 0 amide bonds. The molecule has 0 aliphatic carbocycles. The zero-order chi connectivity index (χ0) is 13.3. The number of hydrogen-bond acceptors (Lipinski definition) is 5. The van der Waals surface area contributed by atoms with Gasteiger partial charge < -0.3 is 14.8 Å². The molecule has 0 heterocycles. The molecule has 0 bridgehead atoms. The molecule has 0 rings (SSSR count). The monoisotopic (exact) mass is 245 g/mol. The van der Waals surface area contributed by atoms with Crippen LogP contribution in [0.1, 0.15) is 40.0 Å². The van der Waals surface area contributed by atoms with Crippen LogP contribution >= 0.6 is 0 Å². The molecule has 0 unspecified atom stereocenters. The van der Waals surface area contributed by atoms with E-state index < -0.39 is 18.2 Å². The number of nitrogens with one attached hydrogen (secondary N) is 1. The maximum Gasteiger partial charge on any atom is 0.516 e. The van der Waals surface area contributed by atoms with Crippen LogP contribution in [0.3, 0.4) is 0 Å². The highest BCUT2D eigenvalue weighted by molar-refractivity contribution is 5.85. The molecule has 0 saturated heterocycles. The molecule has 0 aromatic carbocycles. The second-order valence-electron chi connectivity index (χ2n) is 4.34. The maximum atomic E-state index is 11.6. The van der Waals surface area contributed by atoms with Gasteiger partial charge in [-0.2, -0.15) is 0 Å². The number of hydrogen-bond donors (Lipinski definition) is 1. The molecule has 5 nitrogen and oxygen atoms in total. The van der Waals surface area contributed by atoms with Crippen molar-refractivity contribution in [3.8, 4) is 0 Å². The summed E-state index contributed by atoms with van der Waals surface area (Å²) < 4.78 is 9.33. The number of ether oxygens (including phenoxy) is 2. The fraction of sp³-hybridized carbons (Fsp3) is 0.833. The van der Waals surface area contributed by atoms with Crippen molar-refractivity contribution in [1.82, 2.24) is 5.32 Å². The van der Waals surface area contributed by atoms with Crippen LogP contribution in [0.4, 0.5) is 4.79 Å². The molecule has 0 aliphatic rings. The van der Waals surface area contributed by atoms with E-state index in [2.05, 4.69) is 10.1 Å². The lowest BCUT2D eigenvalue weighted by molar-refractivity contribution is -0.142. The number of likely N-dealkylation sites (N-methyl/N-ethyl adjacent to an activating group) is 1. The van der Waals surface area contributed by atoms with E-state index in [1.54, 1.807) is 7.05 Å². The van der Waals surface area contributed by atoms with Crippen LogP contribution in [-0.2, 0) is 14.3 Å². The van der Waals surface area contributed by atoms with Crippen molar-refractivity contribution in [1.29, 1.82) is 0 Å². The minimum atomic E-state index is -0.910. The maximum absolute atomic E-state index is 11.6. The lowest BCUT2D eigenvalue weighted by atomic mass is 10.0. The Morgan fingerprint density at radius 2 is 1.94 bits per heavy atom. The molecule has 0 spiro atoms. The molecular formula is C12H23NO4. The van der Waals surface area contributed by atoms with E-state index in [0.717, 1.165) is 12.8 Å². The minimum Gasteiger partial charge on any atom is -0.434 e. The molecule has 17 heavy (non-hydrogen) atoms. The summed E-state index contributed by atoms with van der Waals surface area (Å²) in [6.07, 6.45) is 1.41. The quantitative estimate of drug-likeness (QED) is 0.423. The first-order valence-electron chi connectivity index (χ1n) is 6.06. The fourth-order valence-electron chi connectivity index (χ4n) is 1.29. The van der Waals surface area contributed by atoms with Crippen LogP contribution in [0.25, 0.3) is 0 Å². The van der Waals surface area contributed by atoms with E-state index in [9.17, 15) is 9.59 Å². The van der Waals surface area contributed by atoms with Gasteiger partial charge in [0.2, 0.25) is 0 Å². The molecule has 0 aliphatic heterocycles. The number of carbonyl (C=O) groups excluding carboxylic acids is 2. The normalized spacial score (nSPS) is 12.3. The lowest BCUT2D eigenvalue weighted by Crippen LogP contribution is -2.37. The summed E-state index contributed by atoms with van der Waals surface area (Å²) in [6.45, 7) is 6.27. The van der Waals surface area contributed by atoms with Gasteiger partial charge in [-0.15, -0.1) is 0 Å². The van der Waals surface area contributed by atoms with E-state index in [1.165, 1.54) is 0 Å². The Hall–Kier alpha value is -1.10. The number of carbonyl (C=O) groups is 2. The van der Waals surface area contributed by atoms with Gasteiger partial charge in [0.15, 0.2) is 0 Å².